The number of aliphatic hydroxyl groups excluding tert-OH is 1. The Morgan fingerprint density at radius 1 is 1.24 bits per heavy atom. The van der Waals surface area contributed by atoms with E-state index in [2.05, 4.69) is 22.1 Å². The lowest BCUT2D eigenvalue weighted by molar-refractivity contribution is 0.102. The molecule has 2 N–H and O–H groups in total. The van der Waals surface area contributed by atoms with Crippen LogP contribution in [0.4, 0.5) is 14.5 Å². The zero-order valence-corrected chi connectivity index (χ0v) is 10.7. The molecule has 21 heavy (non-hydrogen) atoms. The van der Waals surface area contributed by atoms with Gasteiger partial charge < -0.3 is 10.4 Å². The van der Waals surface area contributed by atoms with Crippen molar-refractivity contribution in [3.63, 3.8) is 0 Å². The minimum Gasteiger partial charge on any atom is -0.384 e. The summed E-state index contributed by atoms with van der Waals surface area (Å²) in [5.74, 6) is 3.14. The molecule has 1 heterocycles. The van der Waals surface area contributed by atoms with Crippen molar-refractivity contribution in [2.24, 2.45) is 0 Å². The van der Waals surface area contributed by atoms with Crippen LogP contribution in [0, 0.1) is 23.5 Å². The molecule has 0 saturated heterocycles. The van der Waals surface area contributed by atoms with Crippen LogP contribution >= 0.6 is 0 Å². The van der Waals surface area contributed by atoms with E-state index >= 15 is 0 Å². The number of hydrogen-bond acceptors (Lipinski definition) is 3. The van der Waals surface area contributed by atoms with E-state index in [0.29, 0.717) is 0 Å². The van der Waals surface area contributed by atoms with Crippen LogP contribution in [-0.4, -0.2) is 22.6 Å². The first-order valence-corrected chi connectivity index (χ1v) is 5.91. The van der Waals surface area contributed by atoms with Crippen LogP contribution in [0.25, 0.3) is 0 Å². The Morgan fingerprint density at radius 2 is 2.05 bits per heavy atom. The van der Waals surface area contributed by atoms with E-state index in [1.54, 1.807) is 0 Å². The van der Waals surface area contributed by atoms with Crippen molar-refractivity contribution in [2.45, 2.75) is 0 Å². The Kier molecular flexibility index (Phi) is 4.59. The molecule has 1 aromatic heterocycles. The number of aromatic nitrogens is 1. The Morgan fingerprint density at radius 3 is 2.76 bits per heavy atom. The number of nitrogens with one attached hydrogen (secondary N) is 1. The second kappa shape index (κ2) is 6.59. The van der Waals surface area contributed by atoms with Gasteiger partial charge in [-0.2, -0.15) is 0 Å². The van der Waals surface area contributed by atoms with Crippen molar-refractivity contribution in [3.05, 3.63) is 59.4 Å². The average Bonchev–Trinajstić information content (AvgIpc) is 2.47. The number of halogens is 2. The first-order chi connectivity index (χ1) is 10.1. The molecule has 0 fully saturated rings. The molecule has 0 aliphatic rings. The molecule has 0 unspecified atom stereocenters. The van der Waals surface area contributed by atoms with Gasteiger partial charge in [-0.25, -0.2) is 8.78 Å². The summed E-state index contributed by atoms with van der Waals surface area (Å²) in [4.78, 5) is 15.5. The molecule has 0 aliphatic carbocycles. The molecule has 2 aromatic rings. The molecule has 0 spiro atoms. The largest absolute Gasteiger partial charge is 0.384 e. The Bertz CT molecular complexity index is 736. The summed E-state index contributed by atoms with van der Waals surface area (Å²) in [7, 11) is 0. The third kappa shape index (κ3) is 3.84. The second-order valence-electron chi connectivity index (χ2n) is 4.00. The number of benzene rings is 1. The predicted octanol–water partition coefficient (Wildman–Crippen LogP) is 1.96. The van der Waals surface area contributed by atoms with Crippen molar-refractivity contribution in [3.8, 4) is 11.8 Å². The third-order valence-electron chi connectivity index (χ3n) is 2.50. The zero-order valence-electron chi connectivity index (χ0n) is 10.7. The van der Waals surface area contributed by atoms with Gasteiger partial charge in [0.25, 0.3) is 5.91 Å². The van der Waals surface area contributed by atoms with Crippen molar-refractivity contribution in [2.75, 3.05) is 11.9 Å². The van der Waals surface area contributed by atoms with Gasteiger partial charge in [0.1, 0.15) is 18.2 Å². The van der Waals surface area contributed by atoms with Gasteiger partial charge in [0.05, 0.1) is 23.0 Å². The number of anilines is 1. The molecule has 0 aliphatic heterocycles. The lowest BCUT2D eigenvalue weighted by Gasteiger charge is -2.07. The summed E-state index contributed by atoms with van der Waals surface area (Å²) in [6.07, 6.45) is 2.19. The summed E-state index contributed by atoms with van der Waals surface area (Å²) in [5.41, 5.74) is 0.494. The number of carbonyl (C=O) groups is 1. The van der Waals surface area contributed by atoms with Gasteiger partial charge in [-0.1, -0.05) is 11.8 Å². The first-order valence-electron chi connectivity index (χ1n) is 5.91. The van der Waals surface area contributed by atoms with E-state index in [1.165, 1.54) is 12.3 Å². The highest BCUT2D eigenvalue weighted by molar-refractivity contribution is 6.04. The molecular weight excluding hydrogens is 278 g/mol. The second-order valence-corrected chi connectivity index (χ2v) is 4.00. The van der Waals surface area contributed by atoms with Gasteiger partial charge in [-0.3, -0.25) is 9.78 Å². The number of aliphatic hydroxyl groups is 1. The molecule has 106 valence electrons. The lowest BCUT2D eigenvalue weighted by atomic mass is 10.1. The highest BCUT2D eigenvalue weighted by Crippen LogP contribution is 2.17. The van der Waals surface area contributed by atoms with Crippen LogP contribution in [0.5, 0.6) is 0 Å². The van der Waals surface area contributed by atoms with Gasteiger partial charge in [0.15, 0.2) is 0 Å². The summed E-state index contributed by atoms with van der Waals surface area (Å²) in [5, 5.41) is 11.2. The van der Waals surface area contributed by atoms with Crippen LogP contribution in [0.1, 0.15) is 15.9 Å². The molecule has 6 heteroatoms. The van der Waals surface area contributed by atoms with Crippen LogP contribution in [-0.2, 0) is 0 Å². The van der Waals surface area contributed by atoms with Gasteiger partial charge in [-0.05, 0) is 24.3 Å². The van der Waals surface area contributed by atoms with Crippen LogP contribution in [0.15, 0.2) is 36.7 Å². The van der Waals surface area contributed by atoms with E-state index in [-0.39, 0.29) is 16.8 Å². The fraction of sp³-hybridized carbons (Fsp3) is 0.0667. The van der Waals surface area contributed by atoms with Crippen LogP contribution in [0.2, 0.25) is 0 Å². The van der Waals surface area contributed by atoms with Crippen LogP contribution < -0.4 is 5.32 Å². The molecule has 1 amide bonds. The van der Waals surface area contributed by atoms with Crippen molar-refractivity contribution < 1.29 is 18.7 Å². The predicted molar refractivity (Wildman–Crippen MR) is 72.5 cm³/mol. The summed E-state index contributed by atoms with van der Waals surface area (Å²) < 4.78 is 26.2. The number of nitrogens with zero attached hydrogens (tertiary/aromatic N) is 1. The number of amides is 1. The average molecular weight is 288 g/mol. The summed E-state index contributed by atoms with van der Waals surface area (Å²) in [6, 6.07) is 4.65. The minimum absolute atomic E-state index is 0.0281. The molecule has 4 nitrogen and oxygen atoms in total. The molecule has 0 saturated carbocycles. The fourth-order valence-corrected chi connectivity index (χ4v) is 1.59. The molecule has 0 bridgehead atoms. The maximum atomic E-state index is 13.2. The zero-order chi connectivity index (χ0) is 15.2. The molecule has 1 aromatic carbocycles. The first kappa shape index (κ1) is 14.6. The van der Waals surface area contributed by atoms with Gasteiger partial charge >= 0.3 is 0 Å². The normalized spacial score (nSPS) is 9.67. The smallest absolute Gasteiger partial charge is 0.257 e. The maximum absolute atomic E-state index is 13.2. The lowest BCUT2D eigenvalue weighted by Crippen LogP contribution is -2.13. The minimum atomic E-state index is -0.637. The molecule has 0 atom stereocenters. The van der Waals surface area contributed by atoms with E-state index in [9.17, 15) is 13.6 Å². The summed E-state index contributed by atoms with van der Waals surface area (Å²) in [6.45, 7) is -0.391. The highest BCUT2D eigenvalue weighted by Gasteiger charge is 2.10. The van der Waals surface area contributed by atoms with E-state index < -0.39 is 24.1 Å². The SMILES string of the molecule is O=C(Nc1ccc(F)cc1C#CCO)c1cncc(F)c1. The Hall–Kier alpha value is -2.78. The molecular formula is C15H10F2N2O2. The number of carbonyl (C=O) groups excluding carboxylic acids is 1. The quantitative estimate of drug-likeness (QED) is 0.830. The number of hydrogen-bond donors (Lipinski definition) is 2. The topological polar surface area (TPSA) is 62.2 Å². The Labute approximate surface area is 119 Å². The van der Waals surface area contributed by atoms with E-state index in [1.807, 2.05) is 0 Å². The van der Waals surface area contributed by atoms with E-state index in [4.69, 9.17) is 5.11 Å². The van der Waals surface area contributed by atoms with Crippen molar-refractivity contribution in [1.82, 2.24) is 4.98 Å². The van der Waals surface area contributed by atoms with Gasteiger partial charge in [0, 0.05) is 6.20 Å². The highest BCUT2D eigenvalue weighted by atomic mass is 19.1. The van der Waals surface area contributed by atoms with Crippen LogP contribution in [0.3, 0.4) is 0 Å². The van der Waals surface area contributed by atoms with Gasteiger partial charge in [-0.15, -0.1) is 0 Å². The van der Waals surface area contributed by atoms with Crippen molar-refractivity contribution >= 4 is 11.6 Å². The third-order valence-corrected chi connectivity index (χ3v) is 2.50. The summed E-state index contributed by atoms with van der Waals surface area (Å²) >= 11 is 0. The monoisotopic (exact) mass is 288 g/mol. The van der Waals surface area contributed by atoms with E-state index in [0.717, 1.165) is 24.4 Å². The molecule has 0 radical (unpaired) electrons. The maximum Gasteiger partial charge on any atom is 0.257 e. The Balaban J connectivity index is 2.29. The number of rotatable bonds is 2. The number of pyridine rings is 1. The standard InChI is InChI=1S/C15H10F2N2O2/c16-12-3-4-14(10(6-12)2-1-5-20)19-15(21)11-7-13(17)9-18-8-11/h3-4,6-9,20H,5H2,(H,19,21). The molecule has 2 rings (SSSR count). The van der Waals surface area contributed by atoms with Gasteiger partial charge in [0.2, 0.25) is 0 Å². The van der Waals surface area contributed by atoms with Crippen molar-refractivity contribution in [1.29, 1.82) is 0 Å². The fourth-order valence-electron chi connectivity index (χ4n) is 1.59.